The summed E-state index contributed by atoms with van der Waals surface area (Å²) in [5, 5.41) is 0. The fraction of sp³-hybridized carbons (Fsp3) is 0.929. The van der Waals surface area contributed by atoms with Gasteiger partial charge in [0.05, 0.1) is 7.11 Å². The monoisotopic (exact) mass is 240 g/mol. The van der Waals surface area contributed by atoms with E-state index in [1.807, 2.05) is 0 Å². The second-order valence-electron chi connectivity index (χ2n) is 6.58. The van der Waals surface area contributed by atoms with Gasteiger partial charge in [0, 0.05) is 0 Å². The molecule has 17 heavy (non-hydrogen) atoms. The summed E-state index contributed by atoms with van der Waals surface area (Å²) < 4.78 is 10.4. The van der Waals surface area contributed by atoms with Crippen LogP contribution in [-0.4, -0.2) is 24.8 Å². The third-order valence-corrected chi connectivity index (χ3v) is 4.48. The molecule has 1 saturated carbocycles. The lowest BCUT2D eigenvalue weighted by atomic mass is 9.76. The third kappa shape index (κ3) is 2.49. The zero-order valence-corrected chi connectivity index (χ0v) is 11.4. The number of methoxy groups -OCH3 is 1. The van der Waals surface area contributed by atoms with Crippen LogP contribution in [0.4, 0.5) is 0 Å². The summed E-state index contributed by atoms with van der Waals surface area (Å²) in [6.45, 7) is 6.92. The number of rotatable bonds is 1. The SMILES string of the molecule is COC(=O)C1OC12CCCC(C(C)(C)C)CC2. The van der Waals surface area contributed by atoms with E-state index in [-0.39, 0.29) is 17.7 Å². The van der Waals surface area contributed by atoms with Crippen LogP contribution in [0.1, 0.15) is 52.9 Å². The van der Waals surface area contributed by atoms with Gasteiger partial charge < -0.3 is 9.47 Å². The van der Waals surface area contributed by atoms with Crippen LogP contribution >= 0.6 is 0 Å². The molecule has 2 fully saturated rings. The molecular weight excluding hydrogens is 216 g/mol. The molecular formula is C14H24O3. The molecule has 0 aromatic rings. The standard InChI is InChI=1S/C14H24O3/c1-13(2,3)10-6-5-8-14(9-7-10)11(17-14)12(15)16-4/h10-11H,5-9H2,1-4H3. The Morgan fingerprint density at radius 3 is 2.59 bits per heavy atom. The molecule has 1 saturated heterocycles. The molecule has 0 aromatic heterocycles. The van der Waals surface area contributed by atoms with Gasteiger partial charge in [0.15, 0.2) is 6.10 Å². The highest BCUT2D eigenvalue weighted by atomic mass is 16.7. The van der Waals surface area contributed by atoms with Gasteiger partial charge >= 0.3 is 5.97 Å². The van der Waals surface area contributed by atoms with E-state index in [1.165, 1.54) is 13.5 Å². The Labute approximate surface area is 104 Å². The highest BCUT2D eigenvalue weighted by Crippen LogP contribution is 2.50. The maximum atomic E-state index is 11.5. The van der Waals surface area contributed by atoms with Crippen LogP contribution in [0.2, 0.25) is 0 Å². The molecule has 3 nitrogen and oxygen atoms in total. The number of hydrogen-bond donors (Lipinski definition) is 0. The Bertz CT molecular complexity index is 305. The summed E-state index contributed by atoms with van der Waals surface area (Å²) in [6, 6.07) is 0. The van der Waals surface area contributed by atoms with Gasteiger partial charge in [0.25, 0.3) is 0 Å². The number of epoxide rings is 1. The maximum absolute atomic E-state index is 11.5. The zero-order valence-electron chi connectivity index (χ0n) is 11.4. The number of hydrogen-bond acceptors (Lipinski definition) is 3. The van der Waals surface area contributed by atoms with Crippen molar-refractivity contribution in [1.82, 2.24) is 0 Å². The highest BCUT2D eigenvalue weighted by Gasteiger charge is 2.61. The molecule has 1 spiro atoms. The van der Waals surface area contributed by atoms with Crippen LogP contribution in [0.5, 0.6) is 0 Å². The van der Waals surface area contributed by atoms with Gasteiger partial charge in [-0.3, -0.25) is 0 Å². The fourth-order valence-corrected chi connectivity index (χ4v) is 3.15. The Hall–Kier alpha value is -0.570. The third-order valence-electron chi connectivity index (χ3n) is 4.48. The lowest BCUT2D eigenvalue weighted by Crippen LogP contribution is -2.23. The van der Waals surface area contributed by atoms with Gasteiger partial charge in [0.1, 0.15) is 5.60 Å². The molecule has 1 aliphatic heterocycles. The predicted molar refractivity (Wildman–Crippen MR) is 65.7 cm³/mol. The van der Waals surface area contributed by atoms with Crippen LogP contribution in [0.25, 0.3) is 0 Å². The number of carbonyl (C=O) groups excluding carboxylic acids is 1. The van der Waals surface area contributed by atoms with Crippen molar-refractivity contribution in [2.24, 2.45) is 11.3 Å². The lowest BCUT2D eigenvalue weighted by Gasteiger charge is -2.29. The van der Waals surface area contributed by atoms with Crippen molar-refractivity contribution in [3.05, 3.63) is 0 Å². The molecule has 2 aliphatic rings. The van der Waals surface area contributed by atoms with Crippen LogP contribution < -0.4 is 0 Å². The van der Waals surface area contributed by atoms with Gasteiger partial charge in [-0.15, -0.1) is 0 Å². The molecule has 1 aliphatic carbocycles. The van der Waals surface area contributed by atoms with Crippen molar-refractivity contribution in [1.29, 1.82) is 0 Å². The minimum Gasteiger partial charge on any atom is -0.467 e. The Kier molecular flexibility index (Phi) is 3.23. The van der Waals surface area contributed by atoms with Crippen molar-refractivity contribution in [3.8, 4) is 0 Å². The molecule has 3 heteroatoms. The van der Waals surface area contributed by atoms with E-state index >= 15 is 0 Å². The number of esters is 1. The first-order valence-electron chi connectivity index (χ1n) is 6.65. The fourth-order valence-electron chi connectivity index (χ4n) is 3.15. The van der Waals surface area contributed by atoms with Crippen molar-refractivity contribution < 1.29 is 14.3 Å². The van der Waals surface area contributed by atoms with Gasteiger partial charge in [0.2, 0.25) is 0 Å². The van der Waals surface area contributed by atoms with Gasteiger partial charge in [-0.1, -0.05) is 27.2 Å². The Morgan fingerprint density at radius 2 is 2.00 bits per heavy atom. The van der Waals surface area contributed by atoms with Crippen LogP contribution in [-0.2, 0) is 14.3 Å². The van der Waals surface area contributed by atoms with Crippen LogP contribution in [0.15, 0.2) is 0 Å². The second-order valence-corrected chi connectivity index (χ2v) is 6.58. The maximum Gasteiger partial charge on any atom is 0.338 e. The normalized spacial score (nSPS) is 37.6. The Balaban J connectivity index is 1.96. The molecule has 1 heterocycles. The van der Waals surface area contributed by atoms with E-state index in [2.05, 4.69) is 20.8 Å². The molecule has 2 rings (SSSR count). The largest absolute Gasteiger partial charge is 0.467 e. The average molecular weight is 240 g/mol. The van der Waals surface area contributed by atoms with E-state index < -0.39 is 0 Å². The summed E-state index contributed by atoms with van der Waals surface area (Å²) in [5.74, 6) is 0.545. The van der Waals surface area contributed by atoms with Crippen LogP contribution in [0.3, 0.4) is 0 Å². The molecule has 0 bridgehead atoms. The molecule has 3 unspecified atom stereocenters. The minimum atomic E-state index is -0.286. The average Bonchev–Trinajstić information content (AvgIpc) is 3.00. The molecule has 98 valence electrons. The van der Waals surface area contributed by atoms with E-state index in [1.54, 1.807) is 0 Å². The van der Waals surface area contributed by atoms with Crippen molar-refractivity contribution in [2.75, 3.05) is 7.11 Å². The predicted octanol–water partition coefficient (Wildman–Crippen LogP) is 2.92. The van der Waals surface area contributed by atoms with E-state index in [9.17, 15) is 4.79 Å². The molecule has 0 N–H and O–H groups in total. The second kappa shape index (κ2) is 4.27. The summed E-state index contributed by atoms with van der Waals surface area (Å²) in [7, 11) is 1.44. The molecule has 0 radical (unpaired) electrons. The first-order chi connectivity index (χ1) is 7.89. The zero-order chi connectivity index (χ0) is 12.7. The van der Waals surface area contributed by atoms with Crippen LogP contribution in [0, 0.1) is 11.3 Å². The lowest BCUT2D eigenvalue weighted by molar-refractivity contribution is -0.142. The van der Waals surface area contributed by atoms with E-state index in [4.69, 9.17) is 9.47 Å². The van der Waals surface area contributed by atoms with Gasteiger partial charge in [-0.05, 0) is 37.0 Å². The summed E-state index contributed by atoms with van der Waals surface area (Å²) in [4.78, 5) is 11.5. The van der Waals surface area contributed by atoms with Crippen molar-refractivity contribution in [3.63, 3.8) is 0 Å². The topological polar surface area (TPSA) is 38.8 Å². The van der Waals surface area contributed by atoms with E-state index in [0.29, 0.717) is 5.41 Å². The quantitative estimate of drug-likeness (QED) is 0.522. The Morgan fingerprint density at radius 1 is 1.29 bits per heavy atom. The highest BCUT2D eigenvalue weighted by molar-refractivity contribution is 5.79. The first kappa shape index (κ1) is 12.9. The molecule has 0 aromatic carbocycles. The van der Waals surface area contributed by atoms with Crippen molar-refractivity contribution >= 4 is 5.97 Å². The number of ether oxygens (including phenoxy) is 2. The molecule has 0 amide bonds. The first-order valence-corrected chi connectivity index (χ1v) is 6.65. The summed E-state index contributed by atoms with van der Waals surface area (Å²) in [6.07, 6.45) is 5.31. The summed E-state index contributed by atoms with van der Waals surface area (Å²) in [5.41, 5.74) is 0.189. The van der Waals surface area contributed by atoms with Gasteiger partial charge in [-0.25, -0.2) is 4.79 Å². The van der Waals surface area contributed by atoms with Gasteiger partial charge in [-0.2, -0.15) is 0 Å². The number of carbonyl (C=O) groups is 1. The smallest absolute Gasteiger partial charge is 0.338 e. The van der Waals surface area contributed by atoms with E-state index in [0.717, 1.165) is 31.6 Å². The summed E-state index contributed by atoms with van der Waals surface area (Å²) >= 11 is 0. The minimum absolute atomic E-state index is 0.174. The van der Waals surface area contributed by atoms with Crippen molar-refractivity contribution in [2.45, 2.75) is 64.6 Å². The molecule has 3 atom stereocenters.